The fraction of sp³-hybridized carbons (Fsp3) is 0.420. The summed E-state index contributed by atoms with van der Waals surface area (Å²) in [6, 6.07) is 56.5. The first-order valence-electron chi connectivity index (χ1n) is 38.8. The van der Waals surface area contributed by atoms with E-state index in [4.69, 9.17) is 34.8 Å². The van der Waals surface area contributed by atoms with Crippen molar-refractivity contribution in [3.63, 3.8) is 0 Å². The lowest BCUT2D eigenvalue weighted by Crippen LogP contribution is -2.42. The van der Waals surface area contributed by atoms with Crippen LogP contribution in [0, 0.1) is 23.2 Å². The molecule has 109 heavy (non-hydrogen) atoms. The molecule has 4 aliphatic heterocycles. The van der Waals surface area contributed by atoms with Crippen molar-refractivity contribution in [1.82, 2.24) is 18.3 Å². The lowest BCUT2D eigenvalue weighted by molar-refractivity contribution is -0.274. The van der Waals surface area contributed by atoms with Crippen molar-refractivity contribution in [1.29, 1.82) is 5.26 Å². The van der Waals surface area contributed by atoms with Crippen molar-refractivity contribution < 1.29 is 22.3 Å². The Morgan fingerprint density at radius 3 is 1.29 bits per heavy atom. The maximum Gasteiger partial charge on any atom is 0.573 e. The van der Waals surface area contributed by atoms with Crippen LogP contribution in [0.15, 0.2) is 214 Å². The molecule has 0 bridgehead atoms. The maximum atomic E-state index is 15.3. The summed E-state index contributed by atoms with van der Waals surface area (Å²) in [7, 11) is 0. The predicted molar refractivity (Wildman–Crippen MR) is 430 cm³/mol. The molecule has 4 saturated heterocycles. The average Bonchev–Trinajstić information content (AvgIpc) is 1.76. The van der Waals surface area contributed by atoms with Crippen LogP contribution in [0.3, 0.4) is 0 Å². The number of aromatic nitrogens is 4. The molecule has 0 unspecified atom stereocenters. The van der Waals surface area contributed by atoms with E-state index in [0.717, 1.165) is 112 Å². The van der Waals surface area contributed by atoms with Crippen LogP contribution in [0.2, 0.25) is 15.1 Å². The first kappa shape index (κ1) is 78.1. The van der Waals surface area contributed by atoms with Crippen LogP contribution < -0.4 is 46.6 Å². The summed E-state index contributed by atoms with van der Waals surface area (Å²) in [5, 5.41) is 10.5. The number of unbranched alkanes of at least 4 members (excludes halogenated alkanes) is 1. The lowest BCUT2D eigenvalue weighted by atomic mass is 9.74. The molecule has 0 radical (unpaired) electrons. The van der Waals surface area contributed by atoms with Crippen molar-refractivity contribution in [3.05, 3.63) is 285 Å². The summed E-state index contributed by atoms with van der Waals surface area (Å²) in [5.74, 6) is 2.73. The summed E-state index contributed by atoms with van der Waals surface area (Å²) in [6.07, 6.45) is 18.6. The molecule has 9 aromatic rings. The molecule has 14 nitrogen and oxygen atoms in total. The van der Waals surface area contributed by atoms with Crippen LogP contribution in [0.4, 0.5) is 40.3 Å². The van der Waals surface area contributed by atoms with Gasteiger partial charge in [0.15, 0.2) is 0 Å². The van der Waals surface area contributed by atoms with Gasteiger partial charge in [-0.2, -0.15) is 5.26 Å². The highest BCUT2D eigenvalue weighted by atomic mass is 35.5. The van der Waals surface area contributed by atoms with E-state index in [9.17, 15) is 37.6 Å². The molecule has 0 amide bonds. The van der Waals surface area contributed by atoms with E-state index in [1.807, 2.05) is 101 Å². The zero-order valence-electron chi connectivity index (χ0n) is 61.9. The van der Waals surface area contributed by atoms with E-state index in [0.29, 0.717) is 91.1 Å². The Kier molecular flexibility index (Phi) is 25.3. The van der Waals surface area contributed by atoms with E-state index in [1.54, 1.807) is 21.5 Å². The number of aryl methyl sites for hydroxylation is 1. The van der Waals surface area contributed by atoms with Crippen molar-refractivity contribution >= 4 is 57.6 Å². The van der Waals surface area contributed by atoms with Gasteiger partial charge in [-0.15, -0.1) is 13.2 Å². The minimum Gasteiger partial charge on any atom is -0.406 e. The van der Waals surface area contributed by atoms with Gasteiger partial charge in [0.05, 0.1) is 35.1 Å². The highest BCUT2D eigenvalue weighted by molar-refractivity contribution is 6.33. The molecule has 7 fully saturated rings. The van der Waals surface area contributed by atoms with Gasteiger partial charge < -0.3 is 42.6 Å². The van der Waals surface area contributed by atoms with Gasteiger partial charge in [0.2, 0.25) is 0 Å². The summed E-state index contributed by atoms with van der Waals surface area (Å²) >= 11 is 19.2. The molecule has 7 aliphatic rings. The number of piperidine rings is 4. The average molecular weight is 1540 g/mol. The van der Waals surface area contributed by atoms with Gasteiger partial charge in [-0.25, -0.2) is 4.39 Å². The highest BCUT2D eigenvalue weighted by Gasteiger charge is 2.40. The number of hydrogen-bond donors (Lipinski definition) is 0. The third-order valence-electron chi connectivity index (χ3n) is 22.9. The van der Waals surface area contributed by atoms with E-state index in [2.05, 4.69) is 99.3 Å². The van der Waals surface area contributed by atoms with Gasteiger partial charge in [-0.05, 0) is 177 Å². The molecule has 0 N–H and O–H groups in total. The zero-order chi connectivity index (χ0) is 76.2. The second-order valence-corrected chi connectivity index (χ2v) is 31.6. The Labute approximate surface area is 650 Å². The third-order valence-corrected chi connectivity index (χ3v) is 24.0. The van der Waals surface area contributed by atoms with Crippen LogP contribution in [0.1, 0.15) is 161 Å². The summed E-state index contributed by atoms with van der Waals surface area (Å²) < 4.78 is 62.8. The van der Waals surface area contributed by atoms with Gasteiger partial charge in [0.25, 0.3) is 22.2 Å². The van der Waals surface area contributed by atoms with Gasteiger partial charge in [0.1, 0.15) is 26.5 Å². The SMILES string of the molecule is CCCCn1ccc(N2CCC(F)(c3ccccc3)CC2)c(Cl)c1=O.N#CC1(c2ccccc2)CCN(c2ccn(CC3CC3)c(=O)c2Cl)CC1.O=c1c(C2CC2)c(N2CCC(c3ccccc3)CC2)ccn1CC1CC1.O=c1c(Cl)c(N2CCC(c3ccccc3)CC2)ccn1Cc1ccc(OC(F)(F)F)cc1. The number of alkyl halides is 4. The van der Waals surface area contributed by atoms with Crippen LogP contribution in [-0.4, -0.2) is 77.0 Å². The van der Waals surface area contributed by atoms with Crippen molar-refractivity contribution in [2.75, 3.05) is 72.0 Å². The number of anilines is 4. The Balaban J connectivity index is 0.000000129. The van der Waals surface area contributed by atoms with Crippen molar-refractivity contribution in [2.24, 2.45) is 11.8 Å². The number of nitriles is 1. The molecule has 8 heterocycles. The summed E-state index contributed by atoms with van der Waals surface area (Å²) in [4.78, 5) is 59.7. The van der Waals surface area contributed by atoms with Gasteiger partial charge in [-0.1, -0.05) is 182 Å². The molecule has 572 valence electrons. The third kappa shape index (κ3) is 19.6. The monoisotopic (exact) mass is 1540 g/mol. The van der Waals surface area contributed by atoms with Crippen LogP contribution in [0.25, 0.3) is 0 Å². The Morgan fingerprint density at radius 2 is 0.844 bits per heavy atom. The molecule has 3 saturated carbocycles. The number of nitrogens with zero attached hydrogens (tertiary/aromatic N) is 9. The Hall–Kier alpha value is -9.02. The first-order valence-corrected chi connectivity index (χ1v) is 40.0. The molecule has 0 spiro atoms. The maximum absolute atomic E-state index is 15.3. The van der Waals surface area contributed by atoms with Gasteiger partial charge in [0, 0.05) is 121 Å². The molecule has 21 heteroatoms. The normalized spacial score (nSPS) is 17.9. The van der Waals surface area contributed by atoms with Crippen LogP contribution in [0.5, 0.6) is 5.75 Å². The van der Waals surface area contributed by atoms with Crippen LogP contribution in [-0.2, 0) is 37.3 Å². The summed E-state index contributed by atoms with van der Waals surface area (Å²) in [5.41, 5.74) is 7.79. The standard InChI is InChI=1S/C24H22ClF3N2O2.C23H28N2O.C21H22ClN3O.C20H24ClFN2O/c25-22-21(29-13-10-19(11-14-29)18-4-2-1-3-5-18)12-15-30(23(22)31)16-17-6-8-20(9-7-17)32-24(26,27)28;26-23-22(20-8-9-20)21(12-15-25(23)16-17-6-7-17)24-13-10-19(11-14-24)18-4-2-1-3-5-18;22-19-18(8-11-25(20(19)26)14-16-6-7-16)24-12-9-21(15-23,10-13-24)17-4-2-1-3-5-17;1-2-3-12-24-13-9-17(18(21)19(24)25)23-14-10-20(22,11-15-23)16-7-5-4-6-8-16/h1-9,12,15,19H,10-11,13-14,16H2;1-5,12,15,17,19-20H,6-11,13-14,16H2;1-5,8,11,16H,6-7,9-10,12-14H2;4-9,13H,2-3,10-12,14-15H2,1H3. The minimum absolute atomic E-state index is 0.101. The smallest absolute Gasteiger partial charge is 0.406 e. The van der Waals surface area contributed by atoms with Gasteiger partial charge in [-0.3, -0.25) is 19.2 Å². The van der Waals surface area contributed by atoms with E-state index >= 15 is 4.39 Å². The van der Waals surface area contributed by atoms with Gasteiger partial charge >= 0.3 is 6.36 Å². The quantitative estimate of drug-likeness (QED) is 0.0720. The Morgan fingerprint density at radius 1 is 0.450 bits per heavy atom. The number of halogens is 7. The molecular weight excluding hydrogens is 1450 g/mol. The molecule has 4 aromatic heterocycles. The molecule has 16 rings (SSSR count). The number of rotatable bonds is 19. The predicted octanol–water partition coefficient (Wildman–Crippen LogP) is 19.1. The summed E-state index contributed by atoms with van der Waals surface area (Å²) in [6.45, 7) is 10.9. The second kappa shape index (κ2) is 35.3. The van der Waals surface area contributed by atoms with Crippen molar-refractivity contribution in [3.8, 4) is 11.8 Å². The fourth-order valence-electron chi connectivity index (χ4n) is 15.9. The number of ether oxygens (including phenoxy) is 1. The zero-order valence-corrected chi connectivity index (χ0v) is 64.1. The molecule has 5 aromatic carbocycles. The lowest BCUT2D eigenvalue weighted by Gasteiger charge is -2.39. The second-order valence-electron chi connectivity index (χ2n) is 30.4. The highest BCUT2D eigenvalue weighted by Crippen LogP contribution is 2.45. The van der Waals surface area contributed by atoms with Crippen LogP contribution >= 0.6 is 34.8 Å². The number of pyridine rings is 4. The number of benzene rings is 5. The fourth-order valence-corrected chi connectivity index (χ4v) is 16.7. The van der Waals surface area contributed by atoms with E-state index < -0.39 is 17.4 Å². The molecule has 3 aliphatic carbocycles. The topological polar surface area (TPSA) is 134 Å². The molecular formula is C88H96Cl3F4N9O5. The number of hydrogen-bond acceptors (Lipinski definition) is 10. The van der Waals surface area contributed by atoms with Crippen molar-refractivity contribution in [2.45, 2.75) is 171 Å². The Bertz CT molecular complexity index is 4800. The largest absolute Gasteiger partial charge is 0.573 e. The molecule has 0 atom stereocenters. The van der Waals surface area contributed by atoms with E-state index in [-0.39, 0.29) is 39.0 Å². The van der Waals surface area contributed by atoms with E-state index in [1.165, 1.54) is 97.0 Å². The minimum atomic E-state index is -4.74. The first-order chi connectivity index (χ1) is 52.8.